The highest BCUT2D eigenvalue weighted by molar-refractivity contribution is 7.09. The van der Waals surface area contributed by atoms with Crippen molar-refractivity contribution in [3.05, 3.63) is 87.6 Å². The summed E-state index contributed by atoms with van der Waals surface area (Å²) >= 11 is 1.71. The molecule has 2 heterocycles. The molecule has 3 aromatic rings. The molecule has 1 aromatic heterocycles. The second kappa shape index (κ2) is 8.40. The fourth-order valence-corrected chi connectivity index (χ4v) is 4.24. The molecule has 4 heteroatoms. The van der Waals surface area contributed by atoms with Gasteiger partial charge >= 0.3 is 0 Å². The van der Waals surface area contributed by atoms with Crippen molar-refractivity contribution in [2.45, 2.75) is 32.4 Å². The van der Waals surface area contributed by atoms with Gasteiger partial charge in [-0.15, -0.1) is 11.3 Å². The molecule has 3 nitrogen and oxygen atoms in total. The molecule has 0 atom stereocenters. The maximum Gasteiger partial charge on any atom is 0.220 e. The van der Waals surface area contributed by atoms with E-state index in [1.165, 1.54) is 21.7 Å². The summed E-state index contributed by atoms with van der Waals surface area (Å²) in [7, 11) is 0. The maximum atomic E-state index is 12.0. The number of anilines is 1. The molecular formula is C23H24N2OS. The number of hydrogen-bond donors (Lipinski definition) is 1. The summed E-state index contributed by atoms with van der Waals surface area (Å²) in [6, 6.07) is 21.4. The van der Waals surface area contributed by atoms with E-state index in [0.717, 1.165) is 31.5 Å². The number of hydrogen-bond acceptors (Lipinski definition) is 3. The lowest BCUT2D eigenvalue weighted by Gasteiger charge is -2.19. The fourth-order valence-electron chi connectivity index (χ4n) is 3.53. The van der Waals surface area contributed by atoms with E-state index in [2.05, 4.69) is 70.2 Å². The van der Waals surface area contributed by atoms with Gasteiger partial charge in [0.25, 0.3) is 0 Å². The van der Waals surface area contributed by atoms with E-state index in [0.29, 0.717) is 13.0 Å². The predicted octanol–water partition coefficient (Wildman–Crippen LogP) is 4.56. The second-order valence-electron chi connectivity index (χ2n) is 6.97. The number of nitrogens with zero attached hydrogens (tertiary/aromatic N) is 1. The number of nitrogens with one attached hydrogen (secondary N) is 1. The average molecular weight is 377 g/mol. The molecule has 0 spiro atoms. The lowest BCUT2D eigenvalue weighted by Crippen LogP contribution is -2.23. The third-order valence-electron chi connectivity index (χ3n) is 5.05. The minimum absolute atomic E-state index is 0.112. The Bertz CT molecular complexity index is 887. The highest BCUT2D eigenvalue weighted by atomic mass is 32.1. The van der Waals surface area contributed by atoms with E-state index in [9.17, 15) is 4.79 Å². The zero-order valence-electron chi connectivity index (χ0n) is 15.4. The molecule has 4 rings (SSSR count). The number of benzene rings is 2. The number of carbonyl (C=O) groups excluding carboxylic acids is 1. The Kier molecular flexibility index (Phi) is 5.54. The zero-order chi connectivity index (χ0) is 18.5. The Balaban J connectivity index is 1.26. The molecule has 0 aliphatic carbocycles. The van der Waals surface area contributed by atoms with Crippen LogP contribution in [0.5, 0.6) is 0 Å². The first-order chi connectivity index (χ1) is 13.3. The molecule has 2 aromatic carbocycles. The van der Waals surface area contributed by atoms with Crippen LogP contribution in [0.4, 0.5) is 5.69 Å². The molecular weight excluding hydrogens is 352 g/mol. The Morgan fingerprint density at radius 3 is 2.63 bits per heavy atom. The summed E-state index contributed by atoms with van der Waals surface area (Å²) in [5, 5.41) is 5.07. The van der Waals surface area contributed by atoms with Gasteiger partial charge in [-0.2, -0.15) is 0 Å². The van der Waals surface area contributed by atoms with Crippen molar-refractivity contribution in [1.29, 1.82) is 0 Å². The van der Waals surface area contributed by atoms with E-state index < -0.39 is 0 Å². The Morgan fingerprint density at radius 2 is 1.81 bits per heavy atom. The molecule has 0 radical (unpaired) electrons. The minimum atomic E-state index is 0.112. The van der Waals surface area contributed by atoms with E-state index in [-0.39, 0.29) is 5.91 Å². The first-order valence-corrected chi connectivity index (χ1v) is 10.4. The second-order valence-corrected chi connectivity index (χ2v) is 8.01. The van der Waals surface area contributed by atoms with Crippen LogP contribution in [0.3, 0.4) is 0 Å². The van der Waals surface area contributed by atoms with Crippen molar-refractivity contribution < 1.29 is 4.79 Å². The van der Waals surface area contributed by atoms with Crippen LogP contribution in [-0.2, 0) is 30.7 Å². The molecule has 0 unspecified atom stereocenters. The van der Waals surface area contributed by atoms with Gasteiger partial charge in [0.05, 0.1) is 0 Å². The largest absolute Gasteiger partial charge is 0.367 e. The molecule has 0 fully saturated rings. The van der Waals surface area contributed by atoms with Crippen LogP contribution >= 0.6 is 11.3 Å². The number of fused-ring (bicyclic) bond motifs is 1. The number of thiophene rings is 1. The summed E-state index contributed by atoms with van der Waals surface area (Å²) in [6.07, 6.45) is 2.50. The SMILES string of the molecule is O=C(CCc1cccs1)NCc1ccc(CN2CCc3ccccc32)cc1. The molecule has 0 saturated heterocycles. The number of amides is 1. The minimum Gasteiger partial charge on any atom is -0.367 e. The van der Waals surface area contributed by atoms with Gasteiger partial charge in [-0.25, -0.2) is 0 Å². The van der Waals surface area contributed by atoms with Crippen LogP contribution in [0.2, 0.25) is 0 Å². The van der Waals surface area contributed by atoms with Gasteiger partial charge in [0.1, 0.15) is 0 Å². The first kappa shape index (κ1) is 17.8. The van der Waals surface area contributed by atoms with Crippen LogP contribution in [0, 0.1) is 0 Å². The summed E-state index contributed by atoms with van der Waals surface area (Å²) in [6.45, 7) is 2.61. The van der Waals surface area contributed by atoms with Crippen LogP contribution < -0.4 is 10.2 Å². The highest BCUT2D eigenvalue weighted by Crippen LogP contribution is 2.28. The van der Waals surface area contributed by atoms with Crippen LogP contribution in [0.1, 0.15) is 28.0 Å². The summed E-state index contributed by atoms with van der Waals surface area (Å²) in [4.78, 5) is 15.7. The lowest BCUT2D eigenvalue weighted by molar-refractivity contribution is -0.121. The Morgan fingerprint density at radius 1 is 1.00 bits per heavy atom. The third kappa shape index (κ3) is 4.58. The van der Waals surface area contributed by atoms with E-state index in [1.54, 1.807) is 11.3 Å². The van der Waals surface area contributed by atoms with Gasteiger partial charge in [-0.05, 0) is 47.0 Å². The molecule has 138 valence electrons. The van der Waals surface area contributed by atoms with Crippen molar-refractivity contribution in [3.8, 4) is 0 Å². The standard InChI is InChI=1S/C23H24N2OS/c26-23(12-11-21-5-3-15-27-21)24-16-18-7-9-19(10-8-18)17-25-14-13-20-4-1-2-6-22(20)25/h1-10,15H,11-14,16-17H2,(H,24,26). The number of para-hydroxylation sites is 1. The third-order valence-corrected chi connectivity index (χ3v) is 5.98. The van der Waals surface area contributed by atoms with Crippen LogP contribution in [0.25, 0.3) is 0 Å². The van der Waals surface area contributed by atoms with Gasteiger partial charge in [-0.3, -0.25) is 4.79 Å². The molecule has 1 amide bonds. The van der Waals surface area contributed by atoms with Crippen molar-refractivity contribution in [2.24, 2.45) is 0 Å². The van der Waals surface area contributed by atoms with E-state index in [1.807, 2.05) is 6.07 Å². The fraction of sp³-hybridized carbons (Fsp3) is 0.261. The zero-order valence-corrected chi connectivity index (χ0v) is 16.2. The average Bonchev–Trinajstić information content (AvgIpc) is 3.36. The highest BCUT2D eigenvalue weighted by Gasteiger charge is 2.18. The van der Waals surface area contributed by atoms with Crippen molar-refractivity contribution in [1.82, 2.24) is 5.32 Å². The molecule has 1 aliphatic rings. The summed E-state index contributed by atoms with van der Waals surface area (Å²) in [5.41, 5.74) is 5.25. The monoisotopic (exact) mass is 376 g/mol. The number of rotatable bonds is 7. The lowest BCUT2D eigenvalue weighted by atomic mass is 10.1. The summed E-state index contributed by atoms with van der Waals surface area (Å²) < 4.78 is 0. The molecule has 0 saturated carbocycles. The maximum absolute atomic E-state index is 12.0. The van der Waals surface area contributed by atoms with Crippen LogP contribution in [0.15, 0.2) is 66.0 Å². The topological polar surface area (TPSA) is 32.3 Å². The van der Waals surface area contributed by atoms with Gasteiger partial charge in [0.2, 0.25) is 5.91 Å². The summed E-state index contributed by atoms with van der Waals surface area (Å²) in [5.74, 6) is 0.112. The quantitative estimate of drug-likeness (QED) is 0.656. The molecule has 0 bridgehead atoms. The van der Waals surface area contributed by atoms with Crippen LogP contribution in [-0.4, -0.2) is 12.5 Å². The van der Waals surface area contributed by atoms with Gasteiger partial charge in [0.15, 0.2) is 0 Å². The van der Waals surface area contributed by atoms with Crippen molar-refractivity contribution in [3.63, 3.8) is 0 Å². The van der Waals surface area contributed by atoms with E-state index >= 15 is 0 Å². The van der Waals surface area contributed by atoms with Crippen molar-refractivity contribution in [2.75, 3.05) is 11.4 Å². The molecule has 1 aliphatic heterocycles. The molecule has 1 N–H and O–H groups in total. The first-order valence-electron chi connectivity index (χ1n) is 9.48. The van der Waals surface area contributed by atoms with Gasteiger partial charge in [0, 0.05) is 36.6 Å². The predicted molar refractivity (Wildman–Crippen MR) is 112 cm³/mol. The molecule has 27 heavy (non-hydrogen) atoms. The number of carbonyl (C=O) groups is 1. The Hall–Kier alpha value is -2.59. The number of aryl methyl sites for hydroxylation is 1. The Labute approximate surface area is 164 Å². The normalized spacial score (nSPS) is 12.8. The van der Waals surface area contributed by atoms with Gasteiger partial charge < -0.3 is 10.2 Å². The smallest absolute Gasteiger partial charge is 0.220 e. The van der Waals surface area contributed by atoms with Crippen molar-refractivity contribution >= 4 is 22.9 Å². The van der Waals surface area contributed by atoms with Gasteiger partial charge in [-0.1, -0.05) is 48.5 Å². The van der Waals surface area contributed by atoms with E-state index in [4.69, 9.17) is 0 Å².